The minimum absolute atomic E-state index is 0.200. The van der Waals surface area contributed by atoms with Crippen LogP contribution in [0, 0.1) is 0 Å². The van der Waals surface area contributed by atoms with Crippen LogP contribution < -0.4 is 15.4 Å². The number of carboxylic acids is 1. The van der Waals surface area contributed by atoms with Crippen LogP contribution >= 0.6 is 0 Å². The van der Waals surface area contributed by atoms with E-state index in [4.69, 9.17) is 14.6 Å². The molecule has 3 N–H and O–H groups in total. The van der Waals surface area contributed by atoms with E-state index in [1.54, 1.807) is 31.5 Å². The first-order valence-electron chi connectivity index (χ1n) is 7.71. The monoisotopic (exact) mass is 386 g/mol. The molecule has 1 aromatic carbocycles. The van der Waals surface area contributed by atoms with Gasteiger partial charge in [-0.1, -0.05) is 12.1 Å². The third kappa shape index (κ3) is 5.45. The minimum Gasteiger partial charge on any atom is -0.496 e. The number of hydrogen-bond acceptors (Lipinski definition) is 5. The Bertz CT molecular complexity index is 803. The van der Waals surface area contributed by atoms with Crippen molar-refractivity contribution in [1.82, 2.24) is 15.1 Å². The number of methoxy groups -OCH3 is 1. The maximum absolute atomic E-state index is 12.2. The SMILES string of the molecule is COc1ccccc1C(=O)Nc1cnn(C2CNC2)c1.O=C(O)C(F)(F)F. The number of aromatic nitrogens is 2. The first-order valence-corrected chi connectivity index (χ1v) is 7.71. The molecule has 0 bridgehead atoms. The molecule has 0 atom stereocenters. The van der Waals surface area contributed by atoms with Crippen molar-refractivity contribution in [3.05, 3.63) is 42.2 Å². The summed E-state index contributed by atoms with van der Waals surface area (Å²) in [5.74, 6) is -2.40. The molecule has 8 nitrogen and oxygen atoms in total. The van der Waals surface area contributed by atoms with E-state index in [-0.39, 0.29) is 5.91 Å². The van der Waals surface area contributed by atoms with Crippen LogP contribution in [0.4, 0.5) is 18.9 Å². The summed E-state index contributed by atoms with van der Waals surface area (Å²) in [5, 5.41) is 17.4. The Kier molecular flexibility index (Phi) is 6.40. The number of rotatable bonds is 4. The van der Waals surface area contributed by atoms with Crippen molar-refractivity contribution in [3.8, 4) is 5.75 Å². The van der Waals surface area contributed by atoms with Gasteiger partial charge in [-0.3, -0.25) is 9.48 Å². The lowest BCUT2D eigenvalue weighted by molar-refractivity contribution is -0.192. The van der Waals surface area contributed by atoms with Gasteiger partial charge in [-0.25, -0.2) is 4.79 Å². The molecule has 1 aromatic heterocycles. The van der Waals surface area contributed by atoms with E-state index in [1.165, 1.54) is 0 Å². The summed E-state index contributed by atoms with van der Waals surface area (Å²) in [6, 6.07) is 7.51. The van der Waals surface area contributed by atoms with Gasteiger partial charge in [0.15, 0.2) is 0 Å². The number of carbonyl (C=O) groups excluding carboxylic acids is 1. The topological polar surface area (TPSA) is 105 Å². The standard InChI is InChI=1S/C14H16N4O2.C2HF3O2/c1-20-13-5-3-2-4-12(13)14(19)17-10-6-16-18(9-10)11-7-15-8-11;3-2(4,5)1(6)7/h2-6,9,11,15H,7-8H2,1H3,(H,17,19);(H,6,7). The maximum atomic E-state index is 12.2. The maximum Gasteiger partial charge on any atom is 0.490 e. The van der Waals surface area contributed by atoms with Crippen LogP contribution in [0.2, 0.25) is 0 Å². The number of nitrogens with zero attached hydrogens (tertiary/aromatic N) is 2. The van der Waals surface area contributed by atoms with Gasteiger partial charge in [0.05, 0.1) is 30.6 Å². The number of hydrogen-bond donors (Lipinski definition) is 3. The van der Waals surface area contributed by atoms with Gasteiger partial charge in [0.25, 0.3) is 5.91 Å². The quantitative estimate of drug-likeness (QED) is 0.742. The number of para-hydroxylation sites is 1. The van der Waals surface area contributed by atoms with Gasteiger partial charge in [-0.2, -0.15) is 18.3 Å². The molecule has 0 unspecified atom stereocenters. The van der Waals surface area contributed by atoms with E-state index in [9.17, 15) is 18.0 Å². The van der Waals surface area contributed by atoms with Crippen LogP contribution in [-0.4, -0.2) is 53.1 Å². The lowest BCUT2D eigenvalue weighted by Crippen LogP contribution is -2.43. The van der Waals surface area contributed by atoms with Crippen molar-refractivity contribution in [3.63, 3.8) is 0 Å². The Morgan fingerprint density at radius 1 is 1.33 bits per heavy atom. The Morgan fingerprint density at radius 3 is 2.48 bits per heavy atom. The Morgan fingerprint density at radius 2 is 1.96 bits per heavy atom. The lowest BCUT2D eigenvalue weighted by atomic mass is 10.2. The molecule has 1 aliphatic heterocycles. The zero-order chi connectivity index (χ0) is 20.0. The second-order valence-electron chi connectivity index (χ2n) is 5.48. The van der Waals surface area contributed by atoms with Crippen LogP contribution in [0.15, 0.2) is 36.7 Å². The number of amides is 1. The number of aliphatic carboxylic acids is 1. The molecule has 146 valence electrons. The van der Waals surface area contributed by atoms with Crippen molar-refractivity contribution in [2.45, 2.75) is 12.2 Å². The highest BCUT2D eigenvalue weighted by atomic mass is 19.4. The van der Waals surface area contributed by atoms with Crippen LogP contribution in [-0.2, 0) is 4.79 Å². The fourth-order valence-corrected chi connectivity index (χ4v) is 2.09. The first-order chi connectivity index (χ1) is 12.7. The molecule has 0 aliphatic carbocycles. The summed E-state index contributed by atoms with van der Waals surface area (Å²) in [7, 11) is 1.55. The number of carboxylic acid groups (broad SMARTS) is 1. The average Bonchev–Trinajstić information content (AvgIpc) is 3.00. The zero-order valence-electron chi connectivity index (χ0n) is 14.2. The molecule has 0 saturated carbocycles. The van der Waals surface area contributed by atoms with Crippen molar-refractivity contribution >= 4 is 17.6 Å². The molecule has 1 fully saturated rings. The number of nitrogens with one attached hydrogen (secondary N) is 2. The molecule has 27 heavy (non-hydrogen) atoms. The summed E-state index contributed by atoms with van der Waals surface area (Å²) >= 11 is 0. The molecule has 0 radical (unpaired) electrons. The summed E-state index contributed by atoms with van der Waals surface area (Å²) in [4.78, 5) is 21.1. The van der Waals surface area contributed by atoms with Crippen LogP contribution in [0.3, 0.4) is 0 Å². The number of carbonyl (C=O) groups is 2. The van der Waals surface area contributed by atoms with Gasteiger partial charge in [0.2, 0.25) is 0 Å². The van der Waals surface area contributed by atoms with Gasteiger partial charge in [-0.15, -0.1) is 0 Å². The Labute approximate surface area is 151 Å². The van der Waals surface area contributed by atoms with E-state index in [1.807, 2.05) is 16.9 Å². The highest BCUT2D eigenvalue weighted by Crippen LogP contribution is 2.20. The van der Waals surface area contributed by atoms with Gasteiger partial charge >= 0.3 is 12.1 Å². The highest BCUT2D eigenvalue weighted by Gasteiger charge is 2.38. The molecular weight excluding hydrogens is 369 g/mol. The summed E-state index contributed by atoms with van der Waals surface area (Å²) in [6.07, 6.45) is -1.58. The second-order valence-corrected chi connectivity index (χ2v) is 5.48. The van der Waals surface area contributed by atoms with Gasteiger partial charge in [-0.05, 0) is 12.1 Å². The summed E-state index contributed by atoms with van der Waals surface area (Å²) in [6.45, 7) is 1.84. The number of benzene rings is 1. The largest absolute Gasteiger partial charge is 0.496 e. The molecule has 2 aromatic rings. The third-order valence-corrected chi connectivity index (χ3v) is 3.59. The van der Waals surface area contributed by atoms with Crippen molar-refractivity contribution in [2.24, 2.45) is 0 Å². The molecule has 3 rings (SSSR count). The molecule has 1 amide bonds. The normalized spacial score (nSPS) is 13.8. The molecule has 1 aliphatic rings. The van der Waals surface area contributed by atoms with E-state index >= 15 is 0 Å². The fourth-order valence-electron chi connectivity index (χ4n) is 2.09. The number of ether oxygens (including phenoxy) is 1. The van der Waals surface area contributed by atoms with E-state index in [0.29, 0.717) is 23.0 Å². The predicted molar refractivity (Wildman–Crippen MR) is 88.8 cm³/mol. The van der Waals surface area contributed by atoms with E-state index < -0.39 is 12.1 Å². The lowest BCUT2D eigenvalue weighted by Gasteiger charge is -2.27. The fraction of sp³-hybridized carbons (Fsp3) is 0.312. The average molecular weight is 386 g/mol. The van der Waals surface area contributed by atoms with Crippen molar-refractivity contribution in [2.75, 3.05) is 25.5 Å². The minimum atomic E-state index is -5.08. The van der Waals surface area contributed by atoms with Crippen molar-refractivity contribution < 1.29 is 32.6 Å². The Balaban J connectivity index is 0.000000321. The smallest absolute Gasteiger partial charge is 0.490 e. The number of alkyl halides is 3. The second kappa shape index (κ2) is 8.54. The molecule has 0 spiro atoms. The summed E-state index contributed by atoms with van der Waals surface area (Å²) in [5.41, 5.74) is 1.20. The molecule has 11 heteroatoms. The number of anilines is 1. The van der Waals surface area contributed by atoms with Gasteiger partial charge in [0.1, 0.15) is 5.75 Å². The van der Waals surface area contributed by atoms with Gasteiger partial charge in [0, 0.05) is 19.3 Å². The van der Waals surface area contributed by atoms with E-state index in [0.717, 1.165) is 13.1 Å². The van der Waals surface area contributed by atoms with Gasteiger partial charge < -0.3 is 20.5 Å². The van der Waals surface area contributed by atoms with Crippen molar-refractivity contribution in [1.29, 1.82) is 0 Å². The van der Waals surface area contributed by atoms with Crippen LogP contribution in [0.5, 0.6) is 5.75 Å². The zero-order valence-corrected chi connectivity index (χ0v) is 14.2. The Hall–Kier alpha value is -3.08. The highest BCUT2D eigenvalue weighted by molar-refractivity contribution is 6.06. The third-order valence-electron chi connectivity index (χ3n) is 3.59. The predicted octanol–water partition coefficient (Wildman–Crippen LogP) is 1.92. The molecular formula is C16H17F3N4O4. The van der Waals surface area contributed by atoms with Crippen LogP contribution in [0.1, 0.15) is 16.4 Å². The first kappa shape index (κ1) is 20.2. The van der Waals surface area contributed by atoms with E-state index in [2.05, 4.69) is 15.7 Å². The van der Waals surface area contributed by atoms with Crippen LogP contribution in [0.25, 0.3) is 0 Å². The molecule has 1 saturated heterocycles. The summed E-state index contributed by atoms with van der Waals surface area (Å²) < 4.78 is 38.8. The molecule has 2 heterocycles. The number of halogens is 3.